The Hall–Kier alpha value is -1.20. The highest BCUT2D eigenvalue weighted by Crippen LogP contribution is 2.42. The highest BCUT2D eigenvalue weighted by molar-refractivity contribution is 5.30. The van der Waals surface area contributed by atoms with Gasteiger partial charge in [0, 0.05) is 5.56 Å². The molecule has 3 aliphatic rings. The van der Waals surface area contributed by atoms with Crippen molar-refractivity contribution in [1.82, 2.24) is 0 Å². The maximum atomic E-state index is 14.7. The van der Waals surface area contributed by atoms with Gasteiger partial charge >= 0.3 is 0 Å². The van der Waals surface area contributed by atoms with Crippen LogP contribution in [-0.2, 0) is 9.47 Å². The molecule has 1 heterocycles. The molecule has 1 aromatic rings. The molecule has 0 unspecified atom stereocenters. The van der Waals surface area contributed by atoms with Gasteiger partial charge in [-0.25, -0.2) is 8.78 Å². The molecule has 0 amide bonds. The van der Waals surface area contributed by atoms with Gasteiger partial charge in [-0.3, -0.25) is 0 Å². The molecule has 1 aromatic carbocycles. The Bertz CT molecular complexity index is 731. The summed E-state index contributed by atoms with van der Waals surface area (Å²) in [5.41, 5.74) is -0.877. The van der Waals surface area contributed by atoms with E-state index in [1.165, 1.54) is 63.9 Å². The quantitative estimate of drug-likeness (QED) is 0.393. The number of alkyl halides is 1. The van der Waals surface area contributed by atoms with E-state index >= 15 is 0 Å². The average molecular weight is 465 g/mol. The van der Waals surface area contributed by atoms with E-state index in [4.69, 9.17) is 14.2 Å². The minimum absolute atomic E-state index is 0.0197. The highest BCUT2D eigenvalue weighted by Gasteiger charge is 2.37. The summed E-state index contributed by atoms with van der Waals surface area (Å²) < 4.78 is 46.2. The second-order valence-electron chi connectivity index (χ2n) is 10.8. The van der Waals surface area contributed by atoms with E-state index in [2.05, 4.69) is 6.92 Å². The van der Waals surface area contributed by atoms with Gasteiger partial charge in [-0.1, -0.05) is 45.6 Å². The Morgan fingerprint density at radius 1 is 0.909 bits per heavy atom. The Balaban J connectivity index is 1.21. The molecule has 0 spiro atoms. The zero-order valence-corrected chi connectivity index (χ0v) is 20.5. The average Bonchev–Trinajstić information content (AvgIpc) is 2.84. The fourth-order valence-electron chi connectivity index (χ4n) is 6.21. The van der Waals surface area contributed by atoms with E-state index in [1.54, 1.807) is 12.1 Å². The Kier molecular flexibility index (Phi) is 8.67. The minimum atomic E-state index is -1.44. The number of hydrogen-bond donors (Lipinski definition) is 0. The second-order valence-corrected chi connectivity index (χ2v) is 10.8. The molecule has 0 atom stereocenters. The van der Waals surface area contributed by atoms with Crippen molar-refractivity contribution in [2.75, 3.05) is 19.8 Å². The standard InChI is InChI=1S/C28H42F2O3/c1-3-15-28(30)18-32-27(33-19-28)24-13-14-26(25(29)16-24)31-17-21-7-11-23(12-8-21)22-9-5-20(4-2)6-10-22/h13-14,16,20-23,27H,3-12,15,17-19H2,1-2H3. The zero-order valence-electron chi connectivity index (χ0n) is 20.5. The van der Waals surface area contributed by atoms with Crippen LogP contribution < -0.4 is 4.74 Å². The number of hydrogen-bond acceptors (Lipinski definition) is 3. The number of benzene rings is 1. The van der Waals surface area contributed by atoms with E-state index in [-0.39, 0.29) is 19.0 Å². The van der Waals surface area contributed by atoms with Gasteiger partial charge in [-0.15, -0.1) is 0 Å². The summed E-state index contributed by atoms with van der Waals surface area (Å²) in [6.45, 7) is 4.80. The van der Waals surface area contributed by atoms with Crippen molar-refractivity contribution in [2.24, 2.45) is 23.7 Å². The van der Waals surface area contributed by atoms with Crippen molar-refractivity contribution in [2.45, 2.75) is 96.4 Å². The van der Waals surface area contributed by atoms with Crippen LogP contribution in [0.2, 0.25) is 0 Å². The van der Waals surface area contributed by atoms with Crippen LogP contribution in [0.3, 0.4) is 0 Å². The highest BCUT2D eigenvalue weighted by atomic mass is 19.1. The molecule has 1 saturated heterocycles. The molecule has 0 bridgehead atoms. The summed E-state index contributed by atoms with van der Waals surface area (Å²) in [7, 11) is 0. The molecular weight excluding hydrogens is 422 g/mol. The van der Waals surface area contributed by atoms with Gasteiger partial charge in [0.15, 0.2) is 23.5 Å². The molecule has 2 aliphatic carbocycles. The third-order valence-corrected chi connectivity index (χ3v) is 8.41. The zero-order chi connectivity index (χ0) is 23.3. The van der Waals surface area contributed by atoms with Gasteiger partial charge in [0.05, 0.1) is 19.8 Å². The van der Waals surface area contributed by atoms with Crippen molar-refractivity contribution in [3.63, 3.8) is 0 Å². The first-order valence-corrected chi connectivity index (χ1v) is 13.3. The third-order valence-electron chi connectivity index (χ3n) is 8.41. The number of rotatable bonds is 8. The molecule has 0 radical (unpaired) electrons. The maximum Gasteiger partial charge on any atom is 0.184 e. The fraction of sp³-hybridized carbons (Fsp3) is 0.786. The van der Waals surface area contributed by atoms with Gasteiger partial charge in [-0.2, -0.15) is 0 Å². The van der Waals surface area contributed by atoms with Crippen LogP contribution in [0, 0.1) is 29.5 Å². The van der Waals surface area contributed by atoms with Crippen LogP contribution in [0.4, 0.5) is 8.78 Å². The third kappa shape index (κ3) is 6.48. The monoisotopic (exact) mass is 464 g/mol. The molecule has 4 rings (SSSR count). The summed E-state index contributed by atoms with van der Waals surface area (Å²) in [5, 5.41) is 0. The van der Waals surface area contributed by atoms with Crippen molar-refractivity contribution in [3.8, 4) is 5.75 Å². The first-order valence-electron chi connectivity index (χ1n) is 13.3. The van der Waals surface area contributed by atoms with E-state index < -0.39 is 17.8 Å². The molecule has 2 saturated carbocycles. The summed E-state index contributed by atoms with van der Waals surface area (Å²) in [6.07, 6.45) is 12.4. The molecule has 3 fully saturated rings. The van der Waals surface area contributed by atoms with Crippen molar-refractivity contribution in [3.05, 3.63) is 29.6 Å². The Morgan fingerprint density at radius 3 is 2.06 bits per heavy atom. The largest absolute Gasteiger partial charge is 0.490 e. The summed E-state index contributed by atoms with van der Waals surface area (Å²) in [6, 6.07) is 4.81. The molecule has 186 valence electrons. The predicted molar refractivity (Wildman–Crippen MR) is 126 cm³/mol. The van der Waals surface area contributed by atoms with Crippen LogP contribution in [0.5, 0.6) is 5.75 Å². The smallest absolute Gasteiger partial charge is 0.184 e. The van der Waals surface area contributed by atoms with Crippen LogP contribution in [0.25, 0.3) is 0 Å². The number of halogens is 2. The Labute approximate surface area is 198 Å². The second kappa shape index (κ2) is 11.5. The molecule has 0 N–H and O–H groups in total. The van der Waals surface area contributed by atoms with Crippen LogP contribution >= 0.6 is 0 Å². The van der Waals surface area contributed by atoms with Crippen LogP contribution in [-0.4, -0.2) is 25.5 Å². The summed E-state index contributed by atoms with van der Waals surface area (Å²) in [4.78, 5) is 0. The van der Waals surface area contributed by atoms with Gasteiger partial charge in [0.2, 0.25) is 0 Å². The van der Waals surface area contributed by atoms with Gasteiger partial charge in [0.25, 0.3) is 0 Å². The van der Waals surface area contributed by atoms with E-state index in [0.29, 0.717) is 24.5 Å². The lowest BCUT2D eigenvalue weighted by Gasteiger charge is -2.37. The van der Waals surface area contributed by atoms with E-state index in [1.807, 2.05) is 6.92 Å². The first-order chi connectivity index (χ1) is 16.0. The number of ether oxygens (including phenoxy) is 3. The SMILES string of the molecule is CCCC1(F)COC(c2ccc(OCC3CCC(C4CCC(CC)CC4)CC3)c(F)c2)OC1. The lowest BCUT2D eigenvalue weighted by Crippen LogP contribution is -2.41. The normalized spacial score (nSPS) is 35.3. The minimum Gasteiger partial charge on any atom is -0.490 e. The first kappa shape index (κ1) is 24.9. The summed E-state index contributed by atoms with van der Waals surface area (Å²) in [5.74, 6) is 3.14. The Morgan fingerprint density at radius 2 is 1.52 bits per heavy atom. The van der Waals surface area contributed by atoms with Crippen LogP contribution in [0.1, 0.15) is 96.3 Å². The fourth-order valence-corrected chi connectivity index (χ4v) is 6.21. The lowest BCUT2D eigenvalue weighted by molar-refractivity contribution is -0.239. The van der Waals surface area contributed by atoms with Gasteiger partial charge in [-0.05, 0) is 80.8 Å². The maximum absolute atomic E-state index is 14.7. The van der Waals surface area contributed by atoms with Crippen LogP contribution in [0.15, 0.2) is 18.2 Å². The van der Waals surface area contributed by atoms with Crippen molar-refractivity contribution >= 4 is 0 Å². The molecule has 0 aromatic heterocycles. The molecular formula is C28H42F2O3. The molecule has 5 heteroatoms. The van der Waals surface area contributed by atoms with E-state index in [9.17, 15) is 8.78 Å². The molecule has 3 nitrogen and oxygen atoms in total. The predicted octanol–water partition coefficient (Wildman–Crippen LogP) is 7.78. The summed E-state index contributed by atoms with van der Waals surface area (Å²) >= 11 is 0. The lowest BCUT2D eigenvalue weighted by atomic mass is 9.69. The van der Waals surface area contributed by atoms with Gasteiger partial charge in [0.1, 0.15) is 0 Å². The van der Waals surface area contributed by atoms with Crippen molar-refractivity contribution < 1.29 is 23.0 Å². The molecule has 1 aliphatic heterocycles. The topological polar surface area (TPSA) is 27.7 Å². The van der Waals surface area contributed by atoms with Gasteiger partial charge < -0.3 is 14.2 Å². The van der Waals surface area contributed by atoms with Crippen molar-refractivity contribution in [1.29, 1.82) is 0 Å². The molecule has 33 heavy (non-hydrogen) atoms. The van der Waals surface area contributed by atoms with E-state index in [0.717, 1.165) is 24.2 Å².